The second-order valence-electron chi connectivity index (χ2n) is 6.70. The van der Waals surface area contributed by atoms with Gasteiger partial charge in [0, 0.05) is 21.4 Å². The van der Waals surface area contributed by atoms with Gasteiger partial charge < -0.3 is 20.5 Å². The van der Waals surface area contributed by atoms with E-state index in [-0.39, 0.29) is 4.75 Å². The summed E-state index contributed by atoms with van der Waals surface area (Å²) in [6.07, 6.45) is 4.83. The average Bonchev–Trinajstić information content (AvgIpc) is 3.16. The van der Waals surface area contributed by atoms with Crippen molar-refractivity contribution < 1.29 is 9.47 Å². The molecule has 0 heterocycles. The minimum atomic E-state index is 0.130. The Labute approximate surface area is 165 Å². The summed E-state index contributed by atoms with van der Waals surface area (Å²) >= 11 is 1.93. The molecule has 6 heteroatoms. The summed E-state index contributed by atoms with van der Waals surface area (Å²) in [5.74, 6) is 1.76. The number of anilines is 1. The first-order valence-electron chi connectivity index (χ1n) is 9.17. The van der Waals surface area contributed by atoms with E-state index in [4.69, 9.17) is 15.2 Å². The van der Waals surface area contributed by atoms with Crippen molar-refractivity contribution in [3.8, 4) is 11.5 Å². The van der Waals surface area contributed by atoms with Crippen LogP contribution in [0.1, 0.15) is 25.7 Å². The van der Waals surface area contributed by atoms with E-state index in [9.17, 15) is 0 Å². The molecule has 1 aliphatic rings. The molecular formula is C21H27N3O2S. The summed E-state index contributed by atoms with van der Waals surface area (Å²) in [5.41, 5.74) is 6.98. The Morgan fingerprint density at radius 2 is 1.78 bits per heavy atom. The van der Waals surface area contributed by atoms with Crippen molar-refractivity contribution in [3.05, 3.63) is 48.5 Å². The van der Waals surface area contributed by atoms with E-state index in [1.54, 1.807) is 14.2 Å². The largest absolute Gasteiger partial charge is 0.493 e. The van der Waals surface area contributed by atoms with E-state index in [1.165, 1.54) is 30.6 Å². The zero-order chi connectivity index (χ0) is 19.1. The van der Waals surface area contributed by atoms with Gasteiger partial charge in [0.15, 0.2) is 17.5 Å². The summed E-state index contributed by atoms with van der Waals surface area (Å²) < 4.78 is 10.7. The number of guanidine groups is 1. The molecule has 0 amide bonds. The zero-order valence-electron chi connectivity index (χ0n) is 15.9. The second kappa shape index (κ2) is 9.04. The van der Waals surface area contributed by atoms with Crippen LogP contribution >= 0.6 is 11.8 Å². The highest BCUT2D eigenvalue weighted by atomic mass is 32.2. The maximum atomic E-state index is 6.16. The van der Waals surface area contributed by atoms with Gasteiger partial charge in [0.05, 0.1) is 20.8 Å². The van der Waals surface area contributed by atoms with E-state index >= 15 is 0 Å². The van der Waals surface area contributed by atoms with E-state index < -0.39 is 0 Å². The molecule has 3 rings (SSSR count). The topological polar surface area (TPSA) is 68.9 Å². The van der Waals surface area contributed by atoms with Crippen LogP contribution in [0.2, 0.25) is 0 Å². The molecule has 0 aliphatic heterocycles. The molecule has 1 saturated carbocycles. The summed E-state index contributed by atoms with van der Waals surface area (Å²) in [7, 11) is 3.23. The quantitative estimate of drug-likeness (QED) is 0.541. The molecule has 0 atom stereocenters. The summed E-state index contributed by atoms with van der Waals surface area (Å²) in [4.78, 5) is 5.95. The predicted molar refractivity (Wildman–Crippen MR) is 113 cm³/mol. The van der Waals surface area contributed by atoms with Gasteiger partial charge >= 0.3 is 0 Å². The SMILES string of the molecule is COc1ccc(NC(N)=NCC2(Sc3ccccc3)CCCC2)cc1OC. The molecule has 5 nitrogen and oxygen atoms in total. The Bertz CT molecular complexity index is 774. The molecule has 0 unspecified atom stereocenters. The molecule has 0 radical (unpaired) electrons. The predicted octanol–water partition coefficient (Wildman–Crippen LogP) is 4.54. The van der Waals surface area contributed by atoms with Gasteiger partial charge in [0.25, 0.3) is 0 Å². The number of benzene rings is 2. The van der Waals surface area contributed by atoms with Crippen LogP contribution in [-0.4, -0.2) is 31.5 Å². The van der Waals surface area contributed by atoms with Crippen molar-refractivity contribution in [1.29, 1.82) is 0 Å². The third-order valence-electron chi connectivity index (χ3n) is 4.79. The standard InChI is InChI=1S/C21H27N3O2S/c1-25-18-11-10-16(14-19(18)26-2)24-20(22)23-15-21(12-6-7-13-21)27-17-8-4-3-5-9-17/h3-5,8-11,14H,6-7,12-13,15H2,1-2H3,(H3,22,23,24). The highest BCUT2D eigenvalue weighted by Crippen LogP contribution is 2.45. The molecule has 2 aromatic rings. The number of hydrogen-bond donors (Lipinski definition) is 2. The third-order valence-corrected chi connectivity index (χ3v) is 6.26. The lowest BCUT2D eigenvalue weighted by Gasteiger charge is -2.26. The number of nitrogens with one attached hydrogen (secondary N) is 1. The fraction of sp³-hybridized carbons (Fsp3) is 0.381. The van der Waals surface area contributed by atoms with Crippen LogP contribution in [0.4, 0.5) is 5.69 Å². The molecule has 0 saturated heterocycles. The monoisotopic (exact) mass is 385 g/mol. The van der Waals surface area contributed by atoms with Crippen LogP contribution in [0.25, 0.3) is 0 Å². The van der Waals surface area contributed by atoms with Gasteiger partial charge in [0.1, 0.15) is 0 Å². The van der Waals surface area contributed by atoms with E-state index in [0.29, 0.717) is 24.0 Å². The van der Waals surface area contributed by atoms with Crippen LogP contribution in [0.3, 0.4) is 0 Å². The molecule has 0 bridgehead atoms. The average molecular weight is 386 g/mol. The van der Waals surface area contributed by atoms with Gasteiger partial charge in [-0.25, -0.2) is 0 Å². The number of rotatable bonds is 7. The van der Waals surface area contributed by atoms with Crippen molar-refractivity contribution >= 4 is 23.4 Å². The van der Waals surface area contributed by atoms with Crippen LogP contribution in [-0.2, 0) is 0 Å². The number of hydrogen-bond acceptors (Lipinski definition) is 4. The number of aliphatic imine (C=N–C) groups is 1. The van der Waals surface area contributed by atoms with Crippen molar-refractivity contribution in [2.75, 3.05) is 26.1 Å². The smallest absolute Gasteiger partial charge is 0.193 e. The number of thioether (sulfide) groups is 1. The van der Waals surface area contributed by atoms with Gasteiger partial charge in [-0.3, -0.25) is 4.99 Å². The number of nitrogens with two attached hydrogens (primary N) is 1. The summed E-state index contributed by atoms with van der Waals surface area (Å²) in [6.45, 7) is 0.707. The lowest BCUT2D eigenvalue weighted by Crippen LogP contribution is -2.29. The van der Waals surface area contributed by atoms with Gasteiger partial charge in [-0.05, 0) is 37.1 Å². The highest BCUT2D eigenvalue weighted by molar-refractivity contribution is 8.00. The number of ether oxygens (including phenoxy) is 2. The van der Waals surface area contributed by atoms with E-state index in [1.807, 2.05) is 30.0 Å². The summed E-state index contributed by atoms with van der Waals surface area (Å²) in [6, 6.07) is 16.1. The van der Waals surface area contributed by atoms with Crippen molar-refractivity contribution in [1.82, 2.24) is 0 Å². The van der Waals surface area contributed by atoms with Crippen LogP contribution < -0.4 is 20.5 Å². The third kappa shape index (κ3) is 5.10. The highest BCUT2D eigenvalue weighted by Gasteiger charge is 2.34. The lowest BCUT2D eigenvalue weighted by atomic mass is 10.1. The molecular weight excluding hydrogens is 358 g/mol. The Hall–Kier alpha value is -2.34. The van der Waals surface area contributed by atoms with Gasteiger partial charge in [-0.15, -0.1) is 11.8 Å². The first-order chi connectivity index (χ1) is 13.1. The fourth-order valence-electron chi connectivity index (χ4n) is 3.38. The minimum Gasteiger partial charge on any atom is -0.493 e. The van der Waals surface area contributed by atoms with Gasteiger partial charge in [-0.1, -0.05) is 31.0 Å². The molecule has 1 aliphatic carbocycles. The molecule has 0 aromatic heterocycles. The molecule has 1 fully saturated rings. The number of methoxy groups -OCH3 is 2. The van der Waals surface area contributed by atoms with Gasteiger partial charge in [-0.2, -0.15) is 0 Å². The minimum absolute atomic E-state index is 0.130. The van der Waals surface area contributed by atoms with Gasteiger partial charge in [0.2, 0.25) is 0 Å². The summed E-state index contributed by atoms with van der Waals surface area (Å²) in [5, 5.41) is 3.16. The second-order valence-corrected chi connectivity index (χ2v) is 8.24. The van der Waals surface area contributed by atoms with Crippen LogP contribution in [0.5, 0.6) is 11.5 Å². The Kier molecular flexibility index (Phi) is 6.50. The maximum Gasteiger partial charge on any atom is 0.193 e. The Balaban J connectivity index is 1.68. The maximum absolute atomic E-state index is 6.16. The molecule has 0 spiro atoms. The lowest BCUT2D eigenvalue weighted by molar-refractivity contribution is 0.355. The Morgan fingerprint density at radius 3 is 2.44 bits per heavy atom. The molecule has 3 N–H and O–H groups in total. The van der Waals surface area contributed by atoms with E-state index in [0.717, 1.165) is 5.69 Å². The van der Waals surface area contributed by atoms with E-state index in [2.05, 4.69) is 40.6 Å². The Morgan fingerprint density at radius 1 is 1.07 bits per heavy atom. The first kappa shape index (κ1) is 19.4. The van der Waals surface area contributed by atoms with Crippen molar-refractivity contribution in [2.45, 2.75) is 35.3 Å². The van der Waals surface area contributed by atoms with Crippen LogP contribution in [0, 0.1) is 0 Å². The molecule has 2 aromatic carbocycles. The number of nitrogens with zero attached hydrogens (tertiary/aromatic N) is 1. The van der Waals surface area contributed by atoms with Crippen LogP contribution in [0.15, 0.2) is 58.4 Å². The fourth-order valence-corrected chi connectivity index (χ4v) is 4.80. The van der Waals surface area contributed by atoms with Crippen molar-refractivity contribution in [3.63, 3.8) is 0 Å². The first-order valence-corrected chi connectivity index (χ1v) is 9.99. The van der Waals surface area contributed by atoms with Crippen molar-refractivity contribution in [2.24, 2.45) is 10.7 Å². The zero-order valence-corrected chi connectivity index (χ0v) is 16.7. The molecule has 144 valence electrons. The molecule has 27 heavy (non-hydrogen) atoms. The normalized spacial score (nSPS) is 16.1.